The van der Waals surface area contributed by atoms with Gasteiger partial charge in [0.2, 0.25) is 5.91 Å². The van der Waals surface area contributed by atoms with E-state index in [4.69, 9.17) is 17.8 Å². The van der Waals surface area contributed by atoms with Crippen LogP contribution in [0.4, 0.5) is 5.69 Å². The molecular formula is C24H35NO7S2. The van der Waals surface area contributed by atoms with Gasteiger partial charge in [-0.1, -0.05) is 17.7 Å². The molecule has 1 amide bonds. The molecule has 0 aliphatic carbocycles. The smallest absolute Gasteiger partial charge is 0.306 e. The molecule has 0 saturated heterocycles. The molecule has 2 aromatic carbocycles. The van der Waals surface area contributed by atoms with Gasteiger partial charge in [-0.2, -0.15) is 8.42 Å². The third-order valence-corrected chi connectivity index (χ3v) is 9.05. The summed E-state index contributed by atoms with van der Waals surface area (Å²) in [6.07, 6.45) is 3.44. The number of methoxy groups -OCH3 is 1. The Hall–Kier alpha value is -2.11. The van der Waals surface area contributed by atoms with E-state index < -0.39 is 20.4 Å². The zero-order valence-electron chi connectivity index (χ0n) is 20.4. The molecule has 1 N–H and O–H groups in total. The van der Waals surface area contributed by atoms with Crippen LogP contribution < -0.4 is 10.1 Å². The SMILES string of the molecule is CCOCC(COc1ccc(NC(=O)CCS(C)(C)OS(=O)(=O)c2ccc(C)cc2)cc1)OC. The average Bonchev–Trinajstić information content (AvgIpc) is 2.78. The lowest BCUT2D eigenvalue weighted by Crippen LogP contribution is -2.25. The number of rotatable bonds is 14. The molecule has 8 nitrogen and oxygen atoms in total. The number of benzene rings is 2. The van der Waals surface area contributed by atoms with Gasteiger partial charge >= 0.3 is 10.1 Å². The fourth-order valence-corrected chi connectivity index (χ4v) is 6.51. The molecule has 0 spiro atoms. The van der Waals surface area contributed by atoms with E-state index in [1.165, 1.54) is 12.1 Å². The Labute approximate surface area is 204 Å². The Kier molecular flexibility index (Phi) is 10.8. The fraction of sp³-hybridized carbons (Fsp3) is 0.458. The first kappa shape index (κ1) is 28.1. The van der Waals surface area contributed by atoms with Gasteiger partial charge in [-0.25, -0.2) is 3.63 Å². The summed E-state index contributed by atoms with van der Waals surface area (Å²) < 4.78 is 47.0. The minimum absolute atomic E-state index is 0.111. The Morgan fingerprint density at radius 2 is 1.65 bits per heavy atom. The van der Waals surface area contributed by atoms with Crippen LogP contribution in [0.2, 0.25) is 0 Å². The highest BCUT2D eigenvalue weighted by molar-refractivity contribution is 8.32. The molecular weight excluding hydrogens is 478 g/mol. The summed E-state index contributed by atoms with van der Waals surface area (Å²) >= 11 is 0. The molecule has 190 valence electrons. The van der Waals surface area contributed by atoms with Crippen LogP contribution in [0, 0.1) is 6.92 Å². The highest BCUT2D eigenvalue weighted by atomic mass is 32.3. The quantitative estimate of drug-likeness (QED) is 0.405. The predicted molar refractivity (Wildman–Crippen MR) is 136 cm³/mol. The molecule has 2 aromatic rings. The lowest BCUT2D eigenvalue weighted by molar-refractivity contribution is -0.115. The molecule has 2 rings (SSSR count). The van der Waals surface area contributed by atoms with Crippen LogP contribution in [0.3, 0.4) is 0 Å². The molecule has 0 aliphatic rings. The summed E-state index contributed by atoms with van der Waals surface area (Å²) in [6, 6.07) is 13.5. The number of nitrogens with one attached hydrogen (secondary N) is 1. The highest BCUT2D eigenvalue weighted by Gasteiger charge is 2.25. The van der Waals surface area contributed by atoms with Crippen LogP contribution in [-0.4, -0.2) is 65.6 Å². The number of anilines is 1. The molecule has 1 atom stereocenters. The zero-order chi connectivity index (χ0) is 25.2. The highest BCUT2D eigenvalue weighted by Crippen LogP contribution is 2.45. The number of amides is 1. The van der Waals surface area contributed by atoms with Gasteiger partial charge in [0.1, 0.15) is 18.5 Å². The summed E-state index contributed by atoms with van der Waals surface area (Å²) in [5.74, 6) is 0.738. The van der Waals surface area contributed by atoms with E-state index in [2.05, 4.69) is 5.32 Å². The van der Waals surface area contributed by atoms with Gasteiger partial charge in [-0.15, -0.1) is 10.3 Å². The first-order valence-electron chi connectivity index (χ1n) is 10.9. The average molecular weight is 514 g/mol. The van der Waals surface area contributed by atoms with Crippen molar-refractivity contribution in [3.8, 4) is 5.75 Å². The van der Waals surface area contributed by atoms with Crippen LogP contribution in [0.25, 0.3) is 0 Å². The van der Waals surface area contributed by atoms with Gasteiger partial charge in [0.05, 0.1) is 11.5 Å². The van der Waals surface area contributed by atoms with Gasteiger partial charge in [0, 0.05) is 31.6 Å². The van der Waals surface area contributed by atoms with Crippen molar-refractivity contribution in [1.82, 2.24) is 0 Å². The van der Waals surface area contributed by atoms with E-state index >= 15 is 0 Å². The van der Waals surface area contributed by atoms with E-state index in [1.807, 2.05) is 13.8 Å². The van der Waals surface area contributed by atoms with E-state index in [0.717, 1.165) is 5.56 Å². The number of carbonyl (C=O) groups is 1. The second kappa shape index (κ2) is 13.1. The van der Waals surface area contributed by atoms with E-state index in [9.17, 15) is 13.2 Å². The topological polar surface area (TPSA) is 100 Å². The Morgan fingerprint density at radius 3 is 2.24 bits per heavy atom. The van der Waals surface area contributed by atoms with Gasteiger partial charge in [-0.05, 0) is 62.8 Å². The van der Waals surface area contributed by atoms with Crippen LogP contribution in [0.1, 0.15) is 18.9 Å². The number of carbonyl (C=O) groups excluding carboxylic acids is 1. The summed E-state index contributed by atoms with van der Waals surface area (Å²) in [6.45, 7) is 5.22. The third-order valence-electron chi connectivity index (χ3n) is 4.82. The molecule has 34 heavy (non-hydrogen) atoms. The normalized spacial score (nSPS) is 13.3. The molecule has 0 heterocycles. The first-order valence-corrected chi connectivity index (χ1v) is 14.9. The summed E-state index contributed by atoms with van der Waals surface area (Å²) in [5.41, 5.74) is 1.58. The summed E-state index contributed by atoms with van der Waals surface area (Å²) in [4.78, 5) is 12.5. The van der Waals surface area contributed by atoms with Crippen molar-refractivity contribution >= 4 is 32.0 Å². The van der Waals surface area contributed by atoms with Crippen molar-refractivity contribution in [1.29, 1.82) is 0 Å². The van der Waals surface area contributed by atoms with Crippen molar-refractivity contribution in [3.63, 3.8) is 0 Å². The lowest BCUT2D eigenvalue weighted by atomic mass is 10.2. The predicted octanol–water partition coefficient (Wildman–Crippen LogP) is 4.14. The van der Waals surface area contributed by atoms with Crippen LogP contribution in [0.5, 0.6) is 5.75 Å². The van der Waals surface area contributed by atoms with Crippen molar-refractivity contribution in [2.45, 2.75) is 31.3 Å². The van der Waals surface area contributed by atoms with E-state index in [0.29, 0.717) is 37.0 Å². The second-order valence-electron chi connectivity index (χ2n) is 8.13. The molecule has 0 aliphatic heterocycles. The van der Waals surface area contributed by atoms with E-state index in [1.54, 1.807) is 56.0 Å². The minimum atomic E-state index is -3.89. The van der Waals surface area contributed by atoms with Crippen molar-refractivity contribution in [2.75, 3.05) is 50.5 Å². The zero-order valence-corrected chi connectivity index (χ0v) is 22.0. The third kappa shape index (κ3) is 9.63. The van der Waals surface area contributed by atoms with Crippen LogP contribution in [-0.2, 0) is 28.0 Å². The maximum absolute atomic E-state index is 12.6. The largest absolute Gasteiger partial charge is 0.491 e. The van der Waals surface area contributed by atoms with Crippen molar-refractivity contribution in [3.05, 3.63) is 54.1 Å². The van der Waals surface area contributed by atoms with Crippen LogP contribution in [0.15, 0.2) is 53.4 Å². The Morgan fingerprint density at radius 1 is 1.00 bits per heavy atom. The van der Waals surface area contributed by atoms with Crippen molar-refractivity contribution < 1.29 is 31.1 Å². The monoisotopic (exact) mass is 513 g/mol. The summed E-state index contributed by atoms with van der Waals surface area (Å²) in [7, 11) is -4.29. The fourth-order valence-electron chi connectivity index (χ4n) is 2.84. The minimum Gasteiger partial charge on any atom is -0.491 e. The second-order valence-corrected chi connectivity index (χ2v) is 13.3. The van der Waals surface area contributed by atoms with Gasteiger partial charge < -0.3 is 19.5 Å². The number of ether oxygens (including phenoxy) is 3. The Balaban J connectivity index is 1.83. The molecule has 0 radical (unpaired) electrons. The number of aryl methyl sites for hydroxylation is 1. The molecule has 0 aromatic heterocycles. The van der Waals surface area contributed by atoms with Crippen LogP contribution >= 0.6 is 10.3 Å². The molecule has 0 bridgehead atoms. The molecule has 10 heteroatoms. The maximum Gasteiger partial charge on any atom is 0.306 e. The lowest BCUT2D eigenvalue weighted by Gasteiger charge is -2.29. The maximum atomic E-state index is 12.6. The Bertz CT molecular complexity index is 1010. The number of hydrogen-bond acceptors (Lipinski definition) is 7. The van der Waals surface area contributed by atoms with Gasteiger partial charge in [-0.3, -0.25) is 4.79 Å². The van der Waals surface area contributed by atoms with E-state index in [-0.39, 0.29) is 23.3 Å². The number of hydrogen-bond donors (Lipinski definition) is 1. The summed E-state index contributed by atoms with van der Waals surface area (Å²) in [5, 5.41) is 2.82. The standard InChI is InChI=1S/C24H35NO7S2/c1-6-30-17-22(29-3)18-31-21-11-9-20(10-12-21)25-24(26)15-16-33(4,5)32-34(27,28)23-13-7-19(2)8-14-23/h7-14,22H,6,15-18H2,1-5H3,(H,25,26). The first-order chi connectivity index (χ1) is 16.0. The molecule has 1 unspecified atom stereocenters. The van der Waals surface area contributed by atoms with Crippen molar-refractivity contribution in [2.24, 2.45) is 0 Å². The van der Waals surface area contributed by atoms with Gasteiger partial charge in [0.15, 0.2) is 0 Å². The van der Waals surface area contributed by atoms with Gasteiger partial charge in [0.25, 0.3) is 0 Å². The molecule has 0 fully saturated rings. The molecule has 0 saturated carbocycles.